The summed E-state index contributed by atoms with van der Waals surface area (Å²) in [6.45, 7) is 4.70. The highest BCUT2D eigenvalue weighted by Gasteiger charge is 2.26. The van der Waals surface area contributed by atoms with Gasteiger partial charge in [0, 0.05) is 22.6 Å². The van der Waals surface area contributed by atoms with Gasteiger partial charge in [0.05, 0.1) is 12.0 Å². The van der Waals surface area contributed by atoms with Crippen molar-refractivity contribution < 1.29 is 18.4 Å². The number of benzene rings is 3. The summed E-state index contributed by atoms with van der Waals surface area (Å²) in [5, 5.41) is 1.42. The molecule has 5 aromatic rings. The molecule has 0 aliphatic carbocycles. The summed E-state index contributed by atoms with van der Waals surface area (Å²) in [4.78, 5) is 26.2. The molecule has 5 nitrogen and oxygen atoms in total. The number of furan rings is 1. The Kier molecular flexibility index (Phi) is 7.73. The van der Waals surface area contributed by atoms with Gasteiger partial charge in [0.1, 0.15) is 16.9 Å². The van der Waals surface area contributed by atoms with Crippen LogP contribution in [0.15, 0.2) is 86.4 Å². The van der Waals surface area contributed by atoms with Crippen LogP contribution in [0.3, 0.4) is 0 Å². The number of ether oxygens (including phenoxy) is 1. The molecule has 3 aromatic carbocycles. The topological polar surface area (TPSA) is 69.7 Å². The lowest BCUT2D eigenvalue weighted by Gasteiger charge is -2.08. The molecule has 0 aliphatic heterocycles. The van der Waals surface area contributed by atoms with E-state index in [1.54, 1.807) is 12.1 Å². The van der Waals surface area contributed by atoms with Gasteiger partial charge in [0.25, 0.3) is 0 Å². The maximum atomic E-state index is 13.9. The molecule has 0 saturated carbocycles. The molecular formula is C33H32O5. The molecule has 0 radical (unpaired) electrons. The molecule has 38 heavy (non-hydrogen) atoms. The minimum atomic E-state index is -0.439. The monoisotopic (exact) mass is 508 g/mol. The largest absolute Gasteiger partial charge is 0.494 e. The van der Waals surface area contributed by atoms with E-state index < -0.39 is 5.63 Å². The average molecular weight is 509 g/mol. The molecule has 0 amide bonds. The molecule has 0 saturated heterocycles. The van der Waals surface area contributed by atoms with E-state index in [0.717, 1.165) is 29.4 Å². The standard InChI is InChI=1S/C33H32O5/c1-3-4-5-6-7-11-19-36-25-16-12-15-24(21-25)31(35)33-29(23-13-9-8-10-14-23)30-27(37-33)18-17-26-22(2)20-28(34)38-32(26)30/h8-10,12-18,20-21H,3-7,11,19H2,1-2H3. The first kappa shape index (κ1) is 25.5. The molecule has 0 atom stereocenters. The zero-order chi connectivity index (χ0) is 26.5. The van der Waals surface area contributed by atoms with E-state index in [2.05, 4.69) is 6.92 Å². The van der Waals surface area contributed by atoms with Crippen LogP contribution in [0.2, 0.25) is 0 Å². The molecule has 0 bridgehead atoms. The lowest BCUT2D eigenvalue weighted by Crippen LogP contribution is -2.03. The second-order valence-electron chi connectivity index (χ2n) is 9.71. The quantitative estimate of drug-likeness (QED) is 0.102. The third-order valence-electron chi connectivity index (χ3n) is 6.90. The highest BCUT2D eigenvalue weighted by Crippen LogP contribution is 2.40. The van der Waals surface area contributed by atoms with Crippen LogP contribution in [0.25, 0.3) is 33.1 Å². The molecule has 5 rings (SSSR count). The second-order valence-corrected chi connectivity index (χ2v) is 9.71. The fourth-order valence-electron chi connectivity index (χ4n) is 4.93. The van der Waals surface area contributed by atoms with E-state index in [1.807, 2.05) is 61.5 Å². The van der Waals surface area contributed by atoms with Crippen LogP contribution in [0.4, 0.5) is 0 Å². The lowest BCUT2D eigenvalue weighted by molar-refractivity contribution is 0.101. The van der Waals surface area contributed by atoms with Crippen LogP contribution in [0.1, 0.15) is 67.1 Å². The smallest absolute Gasteiger partial charge is 0.336 e. The maximum Gasteiger partial charge on any atom is 0.336 e. The Balaban J connectivity index is 1.51. The van der Waals surface area contributed by atoms with Crippen LogP contribution in [0.5, 0.6) is 5.75 Å². The van der Waals surface area contributed by atoms with Crippen LogP contribution in [0, 0.1) is 6.92 Å². The van der Waals surface area contributed by atoms with Crippen molar-refractivity contribution in [3.05, 3.63) is 100 Å². The SMILES string of the molecule is CCCCCCCCOc1cccc(C(=O)c2oc3ccc4c(C)cc(=O)oc4c3c2-c2ccccc2)c1. The molecule has 194 valence electrons. The molecule has 5 heteroatoms. The fourth-order valence-corrected chi connectivity index (χ4v) is 4.93. The van der Waals surface area contributed by atoms with Crippen molar-refractivity contribution in [2.24, 2.45) is 0 Å². The van der Waals surface area contributed by atoms with E-state index in [0.29, 0.717) is 40.0 Å². The zero-order valence-corrected chi connectivity index (χ0v) is 21.9. The van der Waals surface area contributed by atoms with Gasteiger partial charge in [-0.05, 0) is 48.7 Å². The van der Waals surface area contributed by atoms with Gasteiger partial charge in [-0.25, -0.2) is 4.79 Å². The molecule has 0 aliphatic rings. The van der Waals surface area contributed by atoms with Crippen LogP contribution in [-0.4, -0.2) is 12.4 Å². The minimum Gasteiger partial charge on any atom is -0.494 e. The molecular weight excluding hydrogens is 476 g/mol. The van der Waals surface area contributed by atoms with Gasteiger partial charge in [-0.15, -0.1) is 0 Å². The van der Waals surface area contributed by atoms with Crippen molar-refractivity contribution in [3.63, 3.8) is 0 Å². The number of carbonyl (C=O) groups is 1. The Morgan fingerprint density at radius 1 is 0.842 bits per heavy atom. The number of hydrogen-bond acceptors (Lipinski definition) is 5. The highest BCUT2D eigenvalue weighted by atomic mass is 16.5. The first-order valence-corrected chi connectivity index (χ1v) is 13.4. The van der Waals surface area contributed by atoms with E-state index in [-0.39, 0.29) is 11.5 Å². The molecule has 2 heterocycles. The number of hydrogen-bond donors (Lipinski definition) is 0. The molecule has 0 unspecified atom stereocenters. The van der Waals surface area contributed by atoms with Crippen LogP contribution < -0.4 is 10.4 Å². The van der Waals surface area contributed by atoms with Gasteiger partial charge in [-0.3, -0.25) is 4.79 Å². The Hall–Kier alpha value is -4.12. The van der Waals surface area contributed by atoms with E-state index in [9.17, 15) is 9.59 Å². The Bertz CT molecular complexity index is 1620. The first-order chi connectivity index (χ1) is 18.6. The molecule has 2 aromatic heterocycles. The van der Waals surface area contributed by atoms with E-state index in [4.69, 9.17) is 13.6 Å². The summed E-state index contributed by atoms with van der Waals surface area (Å²) >= 11 is 0. The van der Waals surface area contributed by atoms with E-state index >= 15 is 0 Å². The van der Waals surface area contributed by atoms with Gasteiger partial charge >= 0.3 is 5.63 Å². The van der Waals surface area contributed by atoms with Crippen molar-refractivity contribution in [1.82, 2.24) is 0 Å². The van der Waals surface area contributed by atoms with Crippen LogP contribution >= 0.6 is 0 Å². The average Bonchev–Trinajstić information content (AvgIpc) is 3.33. The Morgan fingerprint density at radius 2 is 1.63 bits per heavy atom. The number of rotatable bonds is 11. The van der Waals surface area contributed by atoms with Crippen LogP contribution in [-0.2, 0) is 0 Å². The Morgan fingerprint density at radius 3 is 2.45 bits per heavy atom. The van der Waals surface area contributed by atoms with Gasteiger partial charge in [0.2, 0.25) is 5.78 Å². The lowest BCUT2D eigenvalue weighted by atomic mass is 9.96. The van der Waals surface area contributed by atoms with Crippen molar-refractivity contribution in [1.29, 1.82) is 0 Å². The normalized spacial score (nSPS) is 11.3. The molecule has 0 spiro atoms. The van der Waals surface area contributed by atoms with Crippen molar-refractivity contribution in [2.45, 2.75) is 52.4 Å². The Labute approximate surface area is 222 Å². The van der Waals surface area contributed by atoms with Gasteiger partial charge in [-0.1, -0.05) is 81.5 Å². The van der Waals surface area contributed by atoms with Gasteiger partial charge in [0.15, 0.2) is 5.76 Å². The summed E-state index contributed by atoms with van der Waals surface area (Å²) in [5.41, 5.74) is 3.18. The number of fused-ring (bicyclic) bond motifs is 3. The molecule has 0 N–H and O–H groups in total. The first-order valence-electron chi connectivity index (χ1n) is 13.4. The zero-order valence-electron chi connectivity index (χ0n) is 21.9. The highest BCUT2D eigenvalue weighted by molar-refractivity contribution is 6.20. The number of carbonyl (C=O) groups excluding carboxylic acids is 1. The number of unbranched alkanes of at least 4 members (excludes halogenated alkanes) is 5. The predicted molar refractivity (Wildman–Crippen MR) is 151 cm³/mol. The van der Waals surface area contributed by atoms with Gasteiger partial charge < -0.3 is 13.6 Å². The third kappa shape index (κ3) is 5.28. The molecule has 0 fully saturated rings. The summed E-state index contributed by atoms with van der Waals surface area (Å²) in [6, 6.07) is 22.0. The summed E-state index contributed by atoms with van der Waals surface area (Å²) in [7, 11) is 0. The van der Waals surface area contributed by atoms with Crippen molar-refractivity contribution in [3.8, 4) is 16.9 Å². The summed E-state index contributed by atoms with van der Waals surface area (Å²) in [6.07, 6.45) is 7.12. The van der Waals surface area contributed by atoms with Crippen molar-refractivity contribution in [2.75, 3.05) is 6.61 Å². The summed E-state index contributed by atoms with van der Waals surface area (Å²) in [5.74, 6) is 0.609. The van der Waals surface area contributed by atoms with Crippen molar-refractivity contribution >= 4 is 27.7 Å². The van der Waals surface area contributed by atoms with E-state index in [1.165, 1.54) is 31.7 Å². The second kappa shape index (κ2) is 11.5. The third-order valence-corrected chi connectivity index (χ3v) is 6.90. The number of ketones is 1. The summed E-state index contributed by atoms with van der Waals surface area (Å²) < 4.78 is 17.8. The fraction of sp³-hybridized carbons (Fsp3) is 0.273. The maximum absolute atomic E-state index is 13.9. The van der Waals surface area contributed by atoms with Gasteiger partial charge in [-0.2, -0.15) is 0 Å². The minimum absolute atomic E-state index is 0.205. The predicted octanol–water partition coefficient (Wildman–Crippen LogP) is 8.48. The number of aryl methyl sites for hydroxylation is 1.